The van der Waals surface area contributed by atoms with Crippen LogP contribution in [-0.4, -0.2) is 41.8 Å². The van der Waals surface area contributed by atoms with E-state index in [9.17, 15) is 14.4 Å². The summed E-state index contributed by atoms with van der Waals surface area (Å²) in [5.74, 6) is -1.28. The zero-order valence-corrected chi connectivity index (χ0v) is 18.5. The molecule has 0 bridgehead atoms. The molecule has 0 saturated carbocycles. The number of nitrogens with one attached hydrogen (secondary N) is 2. The second-order valence-electron chi connectivity index (χ2n) is 8.23. The van der Waals surface area contributed by atoms with Gasteiger partial charge >= 0.3 is 12.1 Å². The first kappa shape index (κ1) is 23.3. The molecule has 3 rings (SSSR count). The zero-order chi connectivity index (χ0) is 23.1. The Kier molecular flexibility index (Phi) is 7.87. The second-order valence-corrected chi connectivity index (χ2v) is 8.23. The van der Waals surface area contributed by atoms with Gasteiger partial charge in [-0.3, -0.25) is 9.59 Å². The lowest BCUT2D eigenvalue weighted by Crippen LogP contribution is -2.41. The largest absolute Gasteiger partial charge is 0.481 e. The minimum Gasteiger partial charge on any atom is -0.481 e. The predicted octanol–water partition coefficient (Wildman–Crippen LogP) is 4.06. The summed E-state index contributed by atoms with van der Waals surface area (Å²) in [6.45, 7) is 3.85. The molecule has 170 valence electrons. The number of benzene rings is 2. The number of carboxylic acids is 1. The standard InChI is InChI=1S/C25H30N2O5/c1-3-8-17(14-24(29)30)27-23(28)13-16(2)26-25(31)32-15-22-20-11-6-4-9-18(20)19-10-5-7-12-21(19)22/h4-7,9-12,16-17,22H,3,8,13-15H2,1-2H3,(H,26,31)(H,27,28)(H,29,30)/t16?,17-/m1/s1. The summed E-state index contributed by atoms with van der Waals surface area (Å²) in [6, 6.07) is 15.4. The Morgan fingerprint density at radius 2 is 1.56 bits per heavy atom. The molecule has 1 aliphatic rings. The van der Waals surface area contributed by atoms with Crippen LogP contribution in [0.4, 0.5) is 4.79 Å². The van der Waals surface area contributed by atoms with Crippen molar-refractivity contribution in [3.05, 3.63) is 59.7 Å². The third kappa shape index (κ3) is 5.87. The summed E-state index contributed by atoms with van der Waals surface area (Å²) in [4.78, 5) is 35.5. The third-order valence-electron chi connectivity index (χ3n) is 5.62. The molecule has 0 saturated heterocycles. The molecule has 0 spiro atoms. The van der Waals surface area contributed by atoms with E-state index in [2.05, 4.69) is 34.9 Å². The minimum atomic E-state index is -0.950. The van der Waals surface area contributed by atoms with E-state index < -0.39 is 24.1 Å². The normalized spacial score (nSPS) is 14.1. The molecule has 3 N–H and O–H groups in total. The maximum atomic E-state index is 12.3. The smallest absolute Gasteiger partial charge is 0.407 e. The van der Waals surface area contributed by atoms with Crippen molar-refractivity contribution in [1.82, 2.24) is 10.6 Å². The maximum absolute atomic E-state index is 12.3. The van der Waals surface area contributed by atoms with Crippen molar-refractivity contribution >= 4 is 18.0 Å². The molecule has 7 nitrogen and oxygen atoms in total. The van der Waals surface area contributed by atoms with Crippen LogP contribution in [0.3, 0.4) is 0 Å². The van der Waals surface area contributed by atoms with Gasteiger partial charge in [-0.2, -0.15) is 0 Å². The number of alkyl carbamates (subject to hydrolysis) is 1. The Labute approximate surface area is 188 Å². The Hall–Kier alpha value is -3.35. The lowest BCUT2D eigenvalue weighted by atomic mass is 9.98. The van der Waals surface area contributed by atoms with Crippen LogP contribution in [0.5, 0.6) is 0 Å². The summed E-state index contributed by atoms with van der Waals surface area (Å²) in [6.07, 6.45) is 0.707. The fourth-order valence-corrected chi connectivity index (χ4v) is 4.24. The molecule has 0 radical (unpaired) electrons. The van der Waals surface area contributed by atoms with Crippen molar-refractivity contribution < 1.29 is 24.2 Å². The second kappa shape index (κ2) is 10.8. The van der Waals surface area contributed by atoms with E-state index in [1.807, 2.05) is 31.2 Å². The van der Waals surface area contributed by atoms with E-state index >= 15 is 0 Å². The maximum Gasteiger partial charge on any atom is 0.407 e. The molecule has 2 atom stereocenters. The third-order valence-corrected chi connectivity index (χ3v) is 5.62. The van der Waals surface area contributed by atoms with Gasteiger partial charge in [0.1, 0.15) is 6.61 Å². The molecule has 2 aromatic rings. The highest BCUT2D eigenvalue weighted by Gasteiger charge is 2.29. The Morgan fingerprint density at radius 3 is 2.12 bits per heavy atom. The van der Waals surface area contributed by atoms with Gasteiger partial charge in [0.05, 0.1) is 6.42 Å². The number of amides is 2. The van der Waals surface area contributed by atoms with Crippen LogP contribution < -0.4 is 10.6 Å². The predicted molar refractivity (Wildman–Crippen MR) is 121 cm³/mol. The quantitative estimate of drug-likeness (QED) is 0.519. The first-order chi connectivity index (χ1) is 15.4. The summed E-state index contributed by atoms with van der Waals surface area (Å²) >= 11 is 0. The van der Waals surface area contributed by atoms with E-state index in [0.29, 0.717) is 6.42 Å². The first-order valence-electron chi connectivity index (χ1n) is 11.0. The molecule has 0 aliphatic heterocycles. The SMILES string of the molecule is CCC[C@H](CC(=O)O)NC(=O)CC(C)NC(=O)OCC1c2ccccc2-c2ccccc21. The number of carbonyl (C=O) groups excluding carboxylic acids is 2. The number of carbonyl (C=O) groups is 3. The van der Waals surface area contributed by atoms with Crippen molar-refractivity contribution in [3.8, 4) is 11.1 Å². The van der Waals surface area contributed by atoms with Crippen molar-refractivity contribution in [2.24, 2.45) is 0 Å². The van der Waals surface area contributed by atoms with Gasteiger partial charge in [0.25, 0.3) is 0 Å². The summed E-state index contributed by atoms with van der Waals surface area (Å²) in [5.41, 5.74) is 4.58. The van der Waals surface area contributed by atoms with Crippen molar-refractivity contribution in [2.75, 3.05) is 6.61 Å². The first-order valence-corrected chi connectivity index (χ1v) is 11.0. The van der Waals surface area contributed by atoms with Gasteiger partial charge in [0.15, 0.2) is 0 Å². The molecule has 0 aromatic heterocycles. The summed E-state index contributed by atoms with van der Waals surface area (Å²) < 4.78 is 5.50. The van der Waals surface area contributed by atoms with E-state index in [-0.39, 0.29) is 31.3 Å². The fourth-order valence-electron chi connectivity index (χ4n) is 4.24. The van der Waals surface area contributed by atoms with Gasteiger partial charge < -0.3 is 20.5 Å². The molecule has 2 amide bonds. The van der Waals surface area contributed by atoms with Crippen LogP contribution in [0.2, 0.25) is 0 Å². The fraction of sp³-hybridized carbons (Fsp3) is 0.400. The molecule has 2 aromatic carbocycles. The van der Waals surface area contributed by atoms with E-state index in [4.69, 9.17) is 9.84 Å². The summed E-state index contributed by atoms with van der Waals surface area (Å²) in [7, 11) is 0. The van der Waals surface area contributed by atoms with Gasteiger partial charge in [-0.15, -0.1) is 0 Å². The van der Waals surface area contributed by atoms with Gasteiger partial charge in [-0.1, -0.05) is 61.9 Å². The van der Waals surface area contributed by atoms with Gasteiger partial charge in [0, 0.05) is 24.4 Å². The molecular weight excluding hydrogens is 408 g/mol. The highest BCUT2D eigenvalue weighted by atomic mass is 16.5. The van der Waals surface area contributed by atoms with E-state index in [0.717, 1.165) is 28.7 Å². The number of fused-ring (bicyclic) bond motifs is 3. The van der Waals surface area contributed by atoms with Crippen LogP contribution >= 0.6 is 0 Å². The molecule has 0 heterocycles. The van der Waals surface area contributed by atoms with Crippen molar-refractivity contribution in [3.63, 3.8) is 0 Å². The molecule has 0 fully saturated rings. The highest BCUT2D eigenvalue weighted by molar-refractivity contribution is 5.80. The van der Waals surface area contributed by atoms with Gasteiger partial charge in [0.2, 0.25) is 5.91 Å². The van der Waals surface area contributed by atoms with Crippen molar-refractivity contribution in [1.29, 1.82) is 0 Å². The van der Waals surface area contributed by atoms with Gasteiger partial charge in [-0.05, 0) is 35.6 Å². The average molecular weight is 439 g/mol. The van der Waals surface area contributed by atoms with Crippen LogP contribution in [-0.2, 0) is 14.3 Å². The highest BCUT2D eigenvalue weighted by Crippen LogP contribution is 2.44. The molecular formula is C25H30N2O5. The topological polar surface area (TPSA) is 105 Å². The van der Waals surface area contributed by atoms with Crippen LogP contribution in [0, 0.1) is 0 Å². The number of carboxylic acid groups (broad SMARTS) is 1. The molecule has 32 heavy (non-hydrogen) atoms. The lowest BCUT2D eigenvalue weighted by molar-refractivity contribution is -0.137. The van der Waals surface area contributed by atoms with Crippen LogP contribution in [0.15, 0.2) is 48.5 Å². The zero-order valence-electron chi connectivity index (χ0n) is 18.5. The molecule has 7 heteroatoms. The average Bonchev–Trinajstić information content (AvgIpc) is 3.05. The lowest BCUT2D eigenvalue weighted by Gasteiger charge is -2.19. The van der Waals surface area contributed by atoms with E-state index in [1.165, 1.54) is 0 Å². The van der Waals surface area contributed by atoms with Crippen LogP contribution in [0.1, 0.15) is 56.6 Å². The number of aliphatic carboxylic acids is 1. The van der Waals surface area contributed by atoms with Crippen molar-refractivity contribution in [2.45, 2.75) is 57.5 Å². The monoisotopic (exact) mass is 438 g/mol. The Morgan fingerprint density at radius 1 is 0.969 bits per heavy atom. The number of hydrogen-bond acceptors (Lipinski definition) is 4. The Balaban J connectivity index is 1.51. The molecule has 1 unspecified atom stereocenters. The Bertz CT molecular complexity index is 929. The number of rotatable bonds is 10. The molecule has 1 aliphatic carbocycles. The number of hydrogen-bond donors (Lipinski definition) is 3. The van der Waals surface area contributed by atoms with Gasteiger partial charge in [-0.25, -0.2) is 4.79 Å². The number of ether oxygens (including phenoxy) is 1. The summed E-state index contributed by atoms with van der Waals surface area (Å²) in [5, 5.41) is 14.4. The minimum absolute atomic E-state index is 0.0300. The van der Waals surface area contributed by atoms with E-state index in [1.54, 1.807) is 6.92 Å². The van der Waals surface area contributed by atoms with Crippen LogP contribution in [0.25, 0.3) is 11.1 Å².